The van der Waals surface area contributed by atoms with Crippen molar-refractivity contribution in [3.63, 3.8) is 0 Å². The van der Waals surface area contributed by atoms with Gasteiger partial charge >= 0.3 is 5.97 Å². The zero-order chi connectivity index (χ0) is 8.27. The summed E-state index contributed by atoms with van der Waals surface area (Å²) in [5, 5.41) is 0. The average molecular weight is 156 g/mol. The molecule has 0 aliphatic carbocycles. The Hall–Kier alpha value is -0.830. The molecule has 3 nitrogen and oxygen atoms in total. The minimum absolute atomic E-state index is 0.0505. The first-order chi connectivity index (χ1) is 5.27. The molecular formula is C8H12O3. The first-order valence-electron chi connectivity index (χ1n) is 3.72. The molecule has 0 saturated carbocycles. The van der Waals surface area contributed by atoms with Gasteiger partial charge in [-0.2, -0.15) is 0 Å². The number of esters is 1. The Bertz CT molecular complexity index is 163. The first kappa shape index (κ1) is 8.27. The van der Waals surface area contributed by atoms with Gasteiger partial charge in [-0.15, -0.1) is 0 Å². The van der Waals surface area contributed by atoms with Gasteiger partial charge < -0.3 is 9.47 Å². The predicted octanol–water partition coefficient (Wildman–Crippen LogP) is 0.893. The lowest BCUT2D eigenvalue weighted by atomic mass is 10.1. The van der Waals surface area contributed by atoms with Gasteiger partial charge in [-0.05, 0) is 6.42 Å². The van der Waals surface area contributed by atoms with Crippen molar-refractivity contribution in [1.82, 2.24) is 0 Å². The van der Waals surface area contributed by atoms with Crippen LogP contribution in [0, 0.1) is 0 Å². The van der Waals surface area contributed by atoms with E-state index in [2.05, 4.69) is 6.58 Å². The highest BCUT2D eigenvalue weighted by molar-refractivity contribution is 5.81. The standard InChI is InChI=1S/C8H12O3/c1-3-6-7(5-10-6)11-8(9)4-2/h4,6-7H,2-3,5H2,1H3. The molecule has 3 heteroatoms. The van der Waals surface area contributed by atoms with Crippen molar-refractivity contribution in [2.24, 2.45) is 0 Å². The highest BCUT2D eigenvalue weighted by Crippen LogP contribution is 2.19. The molecule has 1 aliphatic heterocycles. The topological polar surface area (TPSA) is 35.5 Å². The van der Waals surface area contributed by atoms with Gasteiger partial charge in [0.2, 0.25) is 0 Å². The maximum Gasteiger partial charge on any atom is 0.330 e. The van der Waals surface area contributed by atoms with Crippen LogP contribution in [0.15, 0.2) is 12.7 Å². The predicted molar refractivity (Wildman–Crippen MR) is 40.1 cm³/mol. The molecule has 1 heterocycles. The van der Waals surface area contributed by atoms with Gasteiger partial charge in [-0.3, -0.25) is 0 Å². The number of ether oxygens (including phenoxy) is 2. The third-order valence-electron chi connectivity index (χ3n) is 1.73. The Balaban J connectivity index is 2.27. The molecule has 0 amide bonds. The van der Waals surface area contributed by atoms with Crippen molar-refractivity contribution in [2.75, 3.05) is 6.61 Å². The summed E-state index contributed by atoms with van der Waals surface area (Å²) < 4.78 is 10.1. The second-order valence-electron chi connectivity index (χ2n) is 2.46. The second-order valence-corrected chi connectivity index (χ2v) is 2.46. The molecule has 0 spiro atoms. The van der Waals surface area contributed by atoms with Crippen molar-refractivity contribution < 1.29 is 14.3 Å². The Morgan fingerprint density at radius 3 is 3.00 bits per heavy atom. The normalized spacial score (nSPS) is 28.8. The number of carbonyl (C=O) groups excluding carboxylic acids is 1. The Morgan fingerprint density at radius 1 is 1.91 bits per heavy atom. The number of carbonyl (C=O) groups is 1. The zero-order valence-electron chi connectivity index (χ0n) is 6.58. The molecule has 0 N–H and O–H groups in total. The largest absolute Gasteiger partial charge is 0.454 e. The molecule has 1 saturated heterocycles. The van der Waals surface area contributed by atoms with Gasteiger partial charge in [0.25, 0.3) is 0 Å². The van der Waals surface area contributed by atoms with Gasteiger partial charge in [-0.1, -0.05) is 13.5 Å². The van der Waals surface area contributed by atoms with E-state index in [4.69, 9.17) is 9.47 Å². The molecule has 0 aromatic rings. The fraction of sp³-hybridized carbons (Fsp3) is 0.625. The van der Waals surface area contributed by atoms with Crippen molar-refractivity contribution in [1.29, 1.82) is 0 Å². The van der Waals surface area contributed by atoms with Crippen molar-refractivity contribution in [3.05, 3.63) is 12.7 Å². The fourth-order valence-electron chi connectivity index (χ4n) is 0.999. The summed E-state index contributed by atoms with van der Waals surface area (Å²) in [4.78, 5) is 10.7. The van der Waals surface area contributed by atoms with Crippen LogP contribution in [-0.4, -0.2) is 24.8 Å². The minimum atomic E-state index is -0.364. The Morgan fingerprint density at radius 2 is 2.64 bits per heavy atom. The van der Waals surface area contributed by atoms with E-state index in [0.29, 0.717) is 6.61 Å². The summed E-state index contributed by atoms with van der Waals surface area (Å²) in [6.07, 6.45) is 2.10. The molecule has 0 aromatic carbocycles. The van der Waals surface area contributed by atoms with Crippen LogP contribution in [0.3, 0.4) is 0 Å². The summed E-state index contributed by atoms with van der Waals surface area (Å²) in [5.74, 6) is -0.364. The van der Waals surface area contributed by atoms with E-state index >= 15 is 0 Å². The molecule has 2 atom stereocenters. The molecule has 1 rings (SSSR count). The molecule has 1 fully saturated rings. The van der Waals surface area contributed by atoms with E-state index in [1.54, 1.807) is 0 Å². The summed E-state index contributed by atoms with van der Waals surface area (Å²) in [5.41, 5.74) is 0. The molecule has 2 unspecified atom stereocenters. The third-order valence-corrected chi connectivity index (χ3v) is 1.73. The lowest BCUT2D eigenvalue weighted by Gasteiger charge is -2.34. The van der Waals surface area contributed by atoms with Crippen LogP contribution < -0.4 is 0 Å². The molecule has 1 aliphatic rings. The van der Waals surface area contributed by atoms with Gasteiger partial charge in [0.1, 0.15) is 0 Å². The van der Waals surface area contributed by atoms with Crippen molar-refractivity contribution >= 4 is 5.97 Å². The van der Waals surface area contributed by atoms with Crippen LogP contribution in [0.2, 0.25) is 0 Å². The fourth-order valence-corrected chi connectivity index (χ4v) is 0.999. The van der Waals surface area contributed by atoms with E-state index in [-0.39, 0.29) is 18.2 Å². The smallest absolute Gasteiger partial charge is 0.330 e. The van der Waals surface area contributed by atoms with Crippen LogP contribution in [0.25, 0.3) is 0 Å². The van der Waals surface area contributed by atoms with E-state index in [1.807, 2.05) is 6.92 Å². The SMILES string of the molecule is C=CC(=O)OC1COC1CC. The van der Waals surface area contributed by atoms with E-state index in [9.17, 15) is 4.79 Å². The van der Waals surface area contributed by atoms with Crippen molar-refractivity contribution in [3.8, 4) is 0 Å². The van der Waals surface area contributed by atoms with Crippen LogP contribution in [-0.2, 0) is 14.3 Å². The summed E-state index contributed by atoms with van der Waals surface area (Å²) in [6, 6.07) is 0. The second kappa shape index (κ2) is 3.53. The molecular weight excluding hydrogens is 144 g/mol. The average Bonchev–Trinajstić information content (AvgIpc) is 1.98. The molecule has 0 radical (unpaired) electrons. The van der Waals surface area contributed by atoms with Crippen LogP contribution in [0.5, 0.6) is 0 Å². The van der Waals surface area contributed by atoms with Gasteiger partial charge in [-0.25, -0.2) is 4.79 Å². The van der Waals surface area contributed by atoms with Crippen LogP contribution in [0.4, 0.5) is 0 Å². The third kappa shape index (κ3) is 1.80. The maximum absolute atomic E-state index is 10.7. The number of rotatable bonds is 3. The maximum atomic E-state index is 10.7. The summed E-state index contributed by atoms with van der Waals surface area (Å²) in [7, 11) is 0. The van der Waals surface area contributed by atoms with E-state index in [0.717, 1.165) is 6.42 Å². The van der Waals surface area contributed by atoms with Gasteiger partial charge in [0, 0.05) is 6.08 Å². The Kier molecular flexibility index (Phi) is 2.65. The highest BCUT2D eigenvalue weighted by atomic mass is 16.6. The van der Waals surface area contributed by atoms with Crippen LogP contribution in [0.1, 0.15) is 13.3 Å². The van der Waals surface area contributed by atoms with E-state index < -0.39 is 0 Å². The number of hydrogen-bond donors (Lipinski definition) is 0. The minimum Gasteiger partial charge on any atom is -0.454 e. The first-order valence-corrected chi connectivity index (χ1v) is 3.72. The zero-order valence-corrected chi connectivity index (χ0v) is 6.58. The van der Waals surface area contributed by atoms with Crippen LogP contribution >= 0.6 is 0 Å². The van der Waals surface area contributed by atoms with E-state index in [1.165, 1.54) is 6.08 Å². The summed E-state index contributed by atoms with van der Waals surface area (Å²) in [6.45, 7) is 5.83. The van der Waals surface area contributed by atoms with Crippen molar-refractivity contribution in [2.45, 2.75) is 25.6 Å². The van der Waals surface area contributed by atoms with Gasteiger partial charge in [0.15, 0.2) is 6.10 Å². The molecule has 0 aromatic heterocycles. The lowest BCUT2D eigenvalue weighted by Crippen LogP contribution is -2.47. The summed E-state index contributed by atoms with van der Waals surface area (Å²) >= 11 is 0. The Labute approximate surface area is 66.0 Å². The quantitative estimate of drug-likeness (QED) is 0.449. The lowest BCUT2D eigenvalue weighted by molar-refractivity contribution is -0.194. The number of hydrogen-bond acceptors (Lipinski definition) is 3. The van der Waals surface area contributed by atoms with Gasteiger partial charge in [0.05, 0.1) is 12.7 Å². The molecule has 62 valence electrons. The monoisotopic (exact) mass is 156 g/mol. The molecule has 0 bridgehead atoms. The highest BCUT2D eigenvalue weighted by Gasteiger charge is 2.33. The molecule has 11 heavy (non-hydrogen) atoms.